The molecule has 0 saturated carbocycles. The lowest BCUT2D eigenvalue weighted by Crippen LogP contribution is -2.39. The van der Waals surface area contributed by atoms with Crippen LogP contribution in [0, 0.1) is 0 Å². The summed E-state index contributed by atoms with van der Waals surface area (Å²) >= 11 is 1.55. The molecule has 0 spiro atoms. The lowest BCUT2D eigenvalue weighted by Gasteiger charge is -2.11. The Morgan fingerprint density at radius 3 is 3.18 bits per heavy atom. The first-order chi connectivity index (χ1) is 5.34. The van der Waals surface area contributed by atoms with Crippen molar-refractivity contribution in [1.82, 2.24) is 10.2 Å². The third-order valence-electron chi connectivity index (χ3n) is 1.64. The standard InChI is InChI=1S/C6H12N2O2S/c9-6(7-10)5-3-1-2-4-11-8-5/h5,8,10H,1-4H2,(H,7,9). The molecule has 11 heavy (non-hydrogen) atoms. The molecule has 64 valence electrons. The molecule has 1 fully saturated rings. The zero-order valence-electron chi connectivity index (χ0n) is 6.17. The second-order valence-corrected chi connectivity index (χ2v) is 3.42. The van der Waals surface area contributed by atoms with Crippen LogP contribution in [0.3, 0.4) is 0 Å². The van der Waals surface area contributed by atoms with Gasteiger partial charge in [-0.15, -0.1) is 0 Å². The Morgan fingerprint density at radius 2 is 2.45 bits per heavy atom. The molecule has 0 aromatic heterocycles. The van der Waals surface area contributed by atoms with E-state index in [0.29, 0.717) is 0 Å². The molecular weight excluding hydrogens is 164 g/mol. The molecule has 0 radical (unpaired) electrons. The van der Waals surface area contributed by atoms with Gasteiger partial charge in [-0.2, -0.15) is 0 Å². The van der Waals surface area contributed by atoms with Crippen molar-refractivity contribution < 1.29 is 10.0 Å². The Morgan fingerprint density at radius 1 is 1.64 bits per heavy atom. The van der Waals surface area contributed by atoms with Gasteiger partial charge in [0, 0.05) is 5.75 Å². The normalized spacial score (nSPS) is 25.7. The van der Waals surface area contributed by atoms with E-state index < -0.39 is 0 Å². The molecule has 1 heterocycles. The zero-order valence-corrected chi connectivity index (χ0v) is 6.99. The molecule has 0 aromatic carbocycles. The molecule has 1 aliphatic rings. The molecule has 1 atom stereocenters. The first-order valence-electron chi connectivity index (χ1n) is 3.66. The van der Waals surface area contributed by atoms with Crippen molar-refractivity contribution in [2.24, 2.45) is 0 Å². The molecule has 0 aliphatic carbocycles. The van der Waals surface area contributed by atoms with Crippen molar-refractivity contribution in [2.75, 3.05) is 5.75 Å². The second kappa shape index (κ2) is 4.58. The fraction of sp³-hybridized carbons (Fsp3) is 0.833. The van der Waals surface area contributed by atoms with E-state index in [-0.39, 0.29) is 11.9 Å². The maximum Gasteiger partial charge on any atom is 0.261 e. The van der Waals surface area contributed by atoms with Crippen LogP contribution in [-0.2, 0) is 4.79 Å². The lowest BCUT2D eigenvalue weighted by molar-refractivity contribution is -0.131. The molecule has 1 unspecified atom stereocenters. The molecule has 5 heteroatoms. The maximum atomic E-state index is 10.9. The molecule has 1 amide bonds. The number of nitrogens with one attached hydrogen (secondary N) is 2. The Bertz CT molecular complexity index is 135. The van der Waals surface area contributed by atoms with E-state index >= 15 is 0 Å². The monoisotopic (exact) mass is 176 g/mol. The van der Waals surface area contributed by atoms with E-state index in [9.17, 15) is 4.79 Å². The summed E-state index contributed by atoms with van der Waals surface area (Å²) in [5.41, 5.74) is 1.65. The molecular formula is C6H12N2O2S. The van der Waals surface area contributed by atoms with E-state index in [1.807, 2.05) is 0 Å². The minimum Gasteiger partial charge on any atom is -0.289 e. The Hall–Kier alpha value is -0.260. The van der Waals surface area contributed by atoms with Crippen molar-refractivity contribution in [3.63, 3.8) is 0 Å². The molecule has 0 aromatic rings. The van der Waals surface area contributed by atoms with Crippen LogP contribution in [0.4, 0.5) is 0 Å². The topological polar surface area (TPSA) is 61.4 Å². The second-order valence-electron chi connectivity index (χ2n) is 2.49. The fourth-order valence-electron chi connectivity index (χ4n) is 1.00. The van der Waals surface area contributed by atoms with Crippen molar-refractivity contribution in [3.05, 3.63) is 0 Å². The van der Waals surface area contributed by atoms with Crippen molar-refractivity contribution in [3.8, 4) is 0 Å². The highest BCUT2D eigenvalue weighted by Crippen LogP contribution is 2.12. The first-order valence-corrected chi connectivity index (χ1v) is 4.64. The van der Waals surface area contributed by atoms with E-state index in [4.69, 9.17) is 5.21 Å². The van der Waals surface area contributed by atoms with Gasteiger partial charge in [0.25, 0.3) is 5.91 Å². The number of carbonyl (C=O) groups excluding carboxylic acids is 1. The quantitative estimate of drug-likeness (QED) is 0.305. The van der Waals surface area contributed by atoms with Crippen LogP contribution in [0.1, 0.15) is 19.3 Å². The van der Waals surface area contributed by atoms with Crippen molar-refractivity contribution in [2.45, 2.75) is 25.3 Å². The summed E-state index contributed by atoms with van der Waals surface area (Å²) in [7, 11) is 0. The fourth-order valence-corrected chi connectivity index (χ4v) is 1.90. The summed E-state index contributed by atoms with van der Waals surface area (Å²) in [5, 5.41) is 8.33. The van der Waals surface area contributed by atoms with Crippen molar-refractivity contribution in [1.29, 1.82) is 0 Å². The molecule has 1 saturated heterocycles. The summed E-state index contributed by atoms with van der Waals surface area (Å²) in [6.45, 7) is 0. The maximum absolute atomic E-state index is 10.9. The minimum atomic E-state index is -0.334. The largest absolute Gasteiger partial charge is 0.289 e. The number of carbonyl (C=O) groups is 1. The zero-order chi connectivity index (χ0) is 8.10. The third kappa shape index (κ3) is 2.69. The van der Waals surface area contributed by atoms with Gasteiger partial charge in [0.2, 0.25) is 0 Å². The van der Waals surface area contributed by atoms with Crippen LogP contribution in [0.2, 0.25) is 0 Å². The molecule has 4 nitrogen and oxygen atoms in total. The van der Waals surface area contributed by atoms with Gasteiger partial charge in [0.05, 0.1) is 6.04 Å². The summed E-state index contributed by atoms with van der Waals surface area (Å²) in [5.74, 6) is 0.703. The summed E-state index contributed by atoms with van der Waals surface area (Å²) in [4.78, 5) is 10.9. The van der Waals surface area contributed by atoms with Gasteiger partial charge in [-0.3, -0.25) is 14.7 Å². The minimum absolute atomic E-state index is 0.229. The van der Waals surface area contributed by atoms with Crippen LogP contribution >= 0.6 is 11.9 Å². The Kier molecular flexibility index (Phi) is 3.68. The average molecular weight is 176 g/mol. The number of rotatable bonds is 1. The Labute approximate surface area is 69.8 Å². The first kappa shape index (κ1) is 8.83. The van der Waals surface area contributed by atoms with E-state index in [1.165, 1.54) is 0 Å². The number of hydroxylamine groups is 1. The van der Waals surface area contributed by atoms with Gasteiger partial charge < -0.3 is 0 Å². The highest BCUT2D eigenvalue weighted by molar-refractivity contribution is 7.97. The predicted octanol–water partition coefficient (Wildman–Crippen LogP) is 0.282. The van der Waals surface area contributed by atoms with E-state index in [2.05, 4.69) is 4.72 Å². The lowest BCUT2D eigenvalue weighted by atomic mass is 10.1. The van der Waals surface area contributed by atoms with Gasteiger partial charge >= 0.3 is 0 Å². The number of hydrogen-bond donors (Lipinski definition) is 3. The van der Waals surface area contributed by atoms with Gasteiger partial charge in [-0.25, -0.2) is 5.48 Å². The van der Waals surface area contributed by atoms with Gasteiger partial charge in [0.1, 0.15) is 0 Å². The summed E-state index contributed by atoms with van der Waals surface area (Å²) in [6, 6.07) is -0.229. The van der Waals surface area contributed by atoms with Crippen LogP contribution in [0.15, 0.2) is 0 Å². The van der Waals surface area contributed by atoms with Gasteiger partial charge in [0.15, 0.2) is 0 Å². The smallest absolute Gasteiger partial charge is 0.261 e. The molecule has 1 aliphatic heterocycles. The van der Waals surface area contributed by atoms with Crippen molar-refractivity contribution >= 4 is 17.9 Å². The van der Waals surface area contributed by atoms with E-state index in [0.717, 1.165) is 25.0 Å². The predicted molar refractivity (Wildman–Crippen MR) is 43.2 cm³/mol. The van der Waals surface area contributed by atoms with Crippen LogP contribution < -0.4 is 10.2 Å². The van der Waals surface area contributed by atoms with Crippen LogP contribution in [0.5, 0.6) is 0 Å². The highest BCUT2D eigenvalue weighted by Gasteiger charge is 2.18. The SMILES string of the molecule is O=C(NO)C1CCCCSN1. The summed E-state index contributed by atoms with van der Waals surface area (Å²) in [6.07, 6.45) is 2.98. The van der Waals surface area contributed by atoms with Crippen LogP contribution in [-0.4, -0.2) is 22.9 Å². The van der Waals surface area contributed by atoms with Gasteiger partial charge in [-0.05, 0) is 12.8 Å². The molecule has 1 rings (SSSR count). The highest BCUT2D eigenvalue weighted by atomic mass is 32.2. The van der Waals surface area contributed by atoms with Gasteiger partial charge in [-0.1, -0.05) is 18.4 Å². The molecule has 3 N–H and O–H groups in total. The molecule has 0 bridgehead atoms. The van der Waals surface area contributed by atoms with E-state index in [1.54, 1.807) is 17.4 Å². The number of hydrogen-bond acceptors (Lipinski definition) is 4. The Balaban J connectivity index is 2.36. The van der Waals surface area contributed by atoms with Crippen LogP contribution in [0.25, 0.3) is 0 Å². The number of amides is 1. The third-order valence-corrected chi connectivity index (χ3v) is 2.59. The average Bonchev–Trinajstić information content (AvgIpc) is 2.30. The summed E-state index contributed by atoms with van der Waals surface area (Å²) < 4.78 is 2.98.